The molecule has 0 spiro atoms. The Labute approximate surface area is 311 Å². The number of esters is 2. The van der Waals surface area contributed by atoms with Crippen LogP contribution >= 0.6 is 0 Å². The van der Waals surface area contributed by atoms with Gasteiger partial charge in [-0.05, 0) is 51.4 Å². The van der Waals surface area contributed by atoms with Crippen LogP contribution in [0.4, 0.5) is 0 Å². The predicted molar refractivity (Wildman–Crippen MR) is 208 cm³/mol. The Kier molecular flexibility index (Phi) is 31.7. The Morgan fingerprint density at radius 3 is 1.73 bits per heavy atom. The number of rotatable bonds is 33. The van der Waals surface area contributed by atoms with Crippen molar-refractivity contribution in [1.29, 1.82) is 0 Å². The minimum atomic E-state index is -1.14. The number of aliphatic carboxylic acids is 1. The molecule has 0 heterocycles. The standard InChI is InChI=1S/C43H71NO7/c1-6-8-10-12-14-16-18-20-22-24-26-28-30-32-34-42(46)51-39(37-49-36-35-40(43(47)48)44(3,4)5)38-50-41(45)33-31-29-27-25-23-21-19-17-15-13-11-9-7-2/h9,11,13,15,17,19,21-25,27,39-40H,6-8,10,12,14,16,18,20,26,28-38H2,1-5H3/b11-9+,15-13+,19-17+,23-21+,24-22+,27-25+. The summed E-state index contributed by atoms with van der Waals surface area (Å²) < 4.78 is 17.0. The van der Waals surface area contributed by atoms with Gasteiger partial charge in [0.2, 0.25) is 0 Å². The first-order chi connectivity index (χ1) is 24.6. The molecular weight excluding hydrogens is 642 g/mol. The number of hydrogen-bond donors (Lipinski definition) is 0. The maximum Gasteiger partial charge on any atom is 0.306 e. The molecule has 0 aromatic carbocycles. The number of likely N-dealkylation sites (N-methyl/N-ethyl adjacent to an activating group) is 1. The number of nitrogens with zero attached hydrogens (tertiary/aromatic N) is 1. The van der Waals surface area contributed by atoms with Crippen LogP contribution in [0.3, 0.4) is 0 Å². The molecule has 8 nitrogen and oxygen atoms in total. The van der Waals surface area contributed by atoms with Crippen LogP contribution in [-0.2, 0) is 28.6 Å². The lowest BCUT2D eigenvalue weighted by molar-refractivity contribution is -0.889. The van der Waals surface area contributed by atoms with E-state index in [9.17, 15) is 19.5 Å². The quantitative estimate of drug-likeness (QED) is 0.0221. The molecule has 0 radical (unpaired) electrons. The summed E-state index contributed by atoms with van der Waals surface area (Å²) in [6, 6.07) is -0.741. The van der Waals surface area contributed by atoms with Crippen molar-refractivity contribution in [2.24, 2.45) is 0 Å². The minimum Gasteiger partial charge on any atom is -0.544 e. The van der Waals surface area contributed by atoms with Gasteiger partial charge in [0.1, 0.15) is 12.6 Å². The molecule has 0 amide bonds. The first kappa shape index (κ1) is 47.8. The van der Waals surface area contributed by atoms with Crippen molar-refractivity contribution in [1.82, 2.24) is 0 Å². The molecule has 0 aliphatic rings. The topological polar surface area (TPSA) is 102 Å². The Balaban J connectivity index is 4.57. The van der Waals surface area contributed by atoms with Crippen LogP contribution in [0, 0.1) is 0 Å². The number of hydrogen-bond acceptors (Lipinski definition) is 7. The van der Waals surface area contributed by atoms with Gasteiger partial charge in [0.15, 0.2) is 6.10 Å². The SMILES string of the molecule is CC/C=C/C=C/C=C/C=C/C=C/CCCC(=O)OCC(COCCC(C(=O)[O-])[N+](C)(C)C)OC(=O)CCCCC/C=C/CCCCCCCCC. The van der Waals surface area contributed by atoms with Gasteiger partial charge in [-0.2, -0.15) is 0 Å². The molecule has 0 saturated carbocycles. The Morgan fingerprint density at radius 1 is 0.608 bits per heavy atom. The van der Waals surface area contributed by atoms with Crippen LogP contribution in [-0.4, -0.2) is 75.5 Å². The largest absolute Gasteiger partial charge is 0.544 e. The third kappa shape index (κ3) is 32.4. The molecule has 2 atom stereocenters. The first-order valence-electron chi connectivity index (χ1n) is 19.5. The van der Waals surface area contributed by atoms with Crippen LogP contribution in [0.2, 0.25) is 0 Å². The smallest absolute Gasteiger partial charge is 0.306 e. The average molecular weight is 714 g/mol. The summed E-state index contributed by atoms with van der Waals surface area (Å²) in [5.41, 5.74) is 0. The molecular formula is C43H71NO7. The Bertz CT molecular complexity index is 1060. The summed E-state index contributed by atoms with van der Waals surface area (Å²) in [7, 11) is 5.36. The maximum atomic E-state index is 12.6. The summed E-state index contributed by atoms with van der Waals surface area (Å²) in [6.45, 7) is 4.39. The lowest BCUT2D eigenvalue weighted by Crippen LogP contribution is -2.55. The fraction of sp³-hybridized carbons (Fsp3) is 0.651. The minimum absolute atomic E-state index is 0.00815. The summed E-state index contributed by atoms with van der Waals surface area (Å²) >= 11 is 0. The van der Waals surface area contributed by atoms with Crippen LogP contribution in [0.15, 0.2) is 72.9 Å². The number of ether oxygens (including phenoxy) is 3. The van der Waals surface area contributed by atoms with Gasteiger partial charge in [-0.25, -0.2) is 0 Å². The molecule has 0 aromatic rings. The van der Waals surface area contributed by atoms with E-state index in [4.69, 9.17) is 14.2 Å². The fourth-order valence-corrected chi connectivity index (χ4v) is 5.15. The van der Waals surface area contributed by atoms with E-state index in [0.29, 0.717) is 6.42 Å². The second-order valence-electron chi connectivity index (χ2n) is 13.9. The second-order valence-corrected chi connectivity index (χ2v) is 13.9. The van der Waals surface area contributed by atoms with Crippen LogP contribution in [0.1, 0.15) is 129 Å². The summed E-state index contributed by atoms with van der Waals surface area (Å²) in [4.78, 5) is 36.6. The number of carboxylic acids is 1. The summed E-state index contributed by atoms with van der Waals surface area (Å²) in [5, 5.41) is 11.6. The van der Waals surface area contributed by atoms with E-state index < -0.39 is 18.1 Å². The van der Waals surface area contributed by atoms with Crippen molar-refractivity contribution in [3.63, 3.8) is 0 Å². The van der Waals surface area contributed by atoms with Gasteiger partial charge >= 0.3 is 11.9 Å². The van der Waals surface area contributed by atoms with Crippen LogP contribution in [0.5, 0.6) is 0 Å². The Morgan fingerprint density at radius 2 is 1.14 bits per heavy atom. The molecule has 0 rings (SSSR count). The maximum absolute atomic E-state index is 12.6. The van der Waals surface area contributed by atoms with Crippen molar-refractivity contribution in [3.8, 4) is 0 Å². The number of allylic oxidation sites excluding steroid dienone is 12. The molecule has 0 fully saturated rings. The van der Waals surface area contributed by atoms with E-state index in [1.54, 1.807) is 21.1 Å². The van der Waals surface area contributed by atoms with Crippen LogP contribution < -0.4 is 5.11 Å². The van der Waals surface area contributed by atoms with Crippen molar-refractivity contribution in [2.45, 2.75) is 142 Å². The fourth-order valence-electron chi connectivity index (χ4n) is 5.15. The number of carbonyl (C=O) groups excluding carboxylic acids is 3. The van der Waals surface area contributed by atoms with Crippen molar-refractivity contribution < 1.29 is 38.2 Å². The molecule has 8 heteroatoms. The number of unbranched alkanes of at least 4 members (excludes halogenated alkanes) is 11. The zero-order valence-electron chi connectivity index (χ0n) is 32.7. The molecule has 290 valence electrons. The van der Waals surface area contributed by atoms with E-state index in [0.717, 1.165) is 44.9 Å². The zero-order chi connectivity index (χ0) is 37.8. The van der Waals surface area contributed by atoms with E-state index in [2.05, 4.69) is 32.1 Å². The highest BCUT2D eigenvalue weighted by molar-refractivity contribution is 5.70. The predicted octanol–water partition coefficient (Wildman–Crippen LogP) is 8.68. The van der Waals surface area contributed by atoms with Gasteiger partial charge in [-0.1, -0.05) is 132 Å². The van der Waals surface area contributed by atoms with Gasteiger partial charge in [0.05, 0.1) is 40.3 Å². The third-order valence-electron chi connectivity index (χ3n) is 8.20. The highest BCUT2D eigenvalue weighted by atomic mass is 16.6. The third-order valence-corrected chi connectivity index (χ3v) is 8.20. The molecule has 51 heavy (non-hydrogen) atoms. The highest BCUT2D eigenvalue weighted by Crippen LogP contribution is 2.12. The summed E-state index contributed by atoms with van der Waals surface area (Å²) in [5.74, 6) is -1.86. The van der Waals surface area contributed by atoms with E-state index >= 15 is 0 Å². The lowest BCUT2D eigenvalue weighted by Gasteiger charge is -2.34. The van der Waals surface area contributed by atoms with Crippen molar-refractivity contribution in [2.75, 3.05) is 41.0 Å². The molecule has 0 aromatic heterocycles. The van der Waals surface area contributed by atoms with Gasteiger partial charge < -0.3 is 28.6 Å². The van der Waals surface area contributed by atoms with E-state index in [-0.39, 0.29) is 55.5 Å². The molecule has 2 unspecified atom stereocenters. The molecule has 0 aliphatic carbocycles. The molecule has 0 N–H and O–H groups in total. The van der Waals surface area contributed by atoms with E-state index in [1.807, 2.05) is 54.7 Å². The van der Waals surface area contributed by atoms with Gasteiger partial charge in [-0.3, -0.25) is 9.59 Å². The number of carboxylic acid groups (broad SMARTS) is 1. The summed E-state index contributed by atoms with van der Waals surface area (Å²) in [6.07, 6.45) is 40.8. The van der Waals surface area contributed by atoms with Crippen molar-refractivity contribution >= 4 is 17.9 Å². The van der Waals surface area contributed by atoms with E-state index in [1.165, 1.54) is 44.9 Å². The zero-order valence-corrected chi connectivity index (χ0v) is 32.7. The molecule has 0 aliphatic heterocycles. The average Bonchev–Trinajstić information content (AvgIpc) is 3.08. The monoisotopic (exact) mass is 714 g/mol. The molecule has 0 bridgehead atoms. The lowest BCUT2D eigenvalue weighted by atomic mass is 10.1. The van der Waals surface area contributed by atoms with Gasteiger partial charge in [-0.15, -0.1) is 0 Å². The first-order valence-corrected chi connectivity index (χ1v) is 19.5. The highest BCUT2D eigenvalue weighted by Gasteiger charge is 2.25. The Hall–Kier alpha value is -3.23. The second kappa shape index (κ2) is 33.9. The normalized spacial score (nSPS) is 13.8. The number of quaternary nitrogens is 1. The van der Waals surface area contributed by atoms with Crippen molar-refractivity contribution in [3.05, 3.63) is 72.9 Å². The van der Waals surface area contributed by atoms with Gasteiger partial charge in [0.25, 0.3) is 0 Å². The van der Waals surface area contributed by atoms with Crippen LogP contribution in [0.25, 0.3) is 0 Å². The number of carbonyl (C=O) groups is 3. The molecule has 0 saturated heterocycles. The van der Waals surface area contributed by atoms with Gasteiger partial charge in [0, 0.05) is 19.3 Å².